The molecule has 4 heteroatoms. The largest absolute Gasteiger partial charge is 0.492 e. The fourth-order valence-electron chi connectivity index (χ4n) is 2.62. The highest BCUT2D eigenvalue weighted by Gasteiger charge is 2.18. The molecule has 1 aliphatic rings. The van der Waals surface area contributed by atoms with Crippen LogP contribution >= 0.6 is 0 Å². The van der Waals surface area contributed by atoms with Crippen LogP contribution in [0.5, 0.6) is 17.2 Å². The summed E-state index contributed by atoms with van der Waals surface area (Å²) in [4.78, 5) is 0. The number of rotatable bonds is 6. The lowest BCUT2D eigenvalue weighted by atomic mass is 10.1. The Kier molecular flexibility index (Phi) is 5.03. The predicted octanol–water partition coefficient (Wildman–Crippen LogP) is 3.58. The van der Waals surface area contributed by atoms with E-state index in [1.54, 1.807) is 0 Å². The van der Waals surface area contributed by atoms with E-state index in [1.165, 1.54) is 0 Å². The Bertz CT molecular complexity index is 628. The summed E-state index contributed by atoms with van der Waals surface area (Å²) in [5.74, 6) is 2.50. The molecule has 0 saturated heterocycles. The van der Waals surface area contributed by atoms with E-state index in [4.69, 9.17) is 14.2 Å². The molecule has 0 amide bonds. The first-order valence-corrected chi connectivity index (χ1v) is 8.06. The zero-order valence-corrected chi connectivity index (χ0v) is 13.6. The van der Waals surface area contributed by atoms with E-state index < -0.39 is 0 Å². The summed E-state index contributed by atoms with van der Waals surface area (Å²) in [6.07, 6.45) is 0. The maximum atomic E-state index is 5.93. The van der Waals surface area contributed by atoms with Gasteiger partial charge in [-0.1, -0.05) is 38.1 Å². The molecule has 0 fully saturated rings. The Balaban J connectivity index is 1.75. The number of nitrogens with one attached hydrogen (secondary N) is 1. The van der Waals surface area contributed by atoms with Gasteiger partial charge in [-0.25, -0.2) is 0 Å². The van der Waals surface area contributed by atoms with E-state index in [9.17, 15) is 0 Å². The summed E-state index contributed by atoms with van der Waals surface area (Å²) < 4.78 is 17.2. The topological polar surface area (TPSA) is 39.7 Å². The van der Waals surface area contributed by atoms with Gasteiger partial charge in [-0.3, -0.25) is 0 Å². The molecule has 122 valence electrons. The van der Waals surface area contributed by atoms with Crippen LogP contribution in [-0.2, 0) is 0 Å². The molecule has 23 heavy (non-hydrogen) atoms. The zero-order valence-electron chi connectivity index (χ0n) is 13.6. The third-order valence-electron chi connectivity index (χ3n) is 3.66. The maximum absolute atomic E-state index is 5.93. The van der Waals surface area contributed by atoms with Crippen molar-refractivity contribution >= 4 is 0 Å². The molecule has 1 heterocycles. The second-order valence-corrected chi connectivity index (χ2v) is 5.90. The number of benzene rings is 2. The zero-order chi connectivity index (χ0) is 16.1. The van der Waals surface area contributed by atoms with E-state index in [-0.39, 0.29) is 6.04 Å². The van der Waals surface area contributed by atoms with Crippen LogP contribution in [-0.4, -0.2) is 25.9 Å². The van der Waals surface area contributed by atoms with Crippen LogP contribution in [0, 0.1) is 0 Å². The molecule has 1 unspecified atom stereocenters. The second kappa shape index (κ2) is 7.38. The molecule has 1 aliphatic heterocycles. The van der Waals surface area contributed by atoms with Gasteiger partial charge in [0.05, 0.1) is 6.04 Å². The molecule has 0 saturated carbocycles. The standard InChI is InChI=1S/C19H23NO3/c1-14(2)20-17(13-23-16-6-4-3-5-7-16)15-8-9-18-19(12-15)22-11-10-21-18/h3-9,12,14,17,20H,10-11,13H2,1-2H3. The van der Waals surface area contributed by atoms with Gasteiger partial charge in [-0.05, 0) is 29.8 Å². The Labute approximate surface area is 137 Å². The highest BCUT2D eigenvalue weighted by molar-refractivity contribution is 5.44. The molecule has 0 radical (unpaired) electrons. The Morgan fingerprint density at radius 1 is 1.00 bits per heavy atom. The highest BCUT2D eigenvalue weighted by atomic mass is 16.6. The van der Waals surface area contributed by atoms with Crippen molar-refractivity contribution in [3.05, 3.63) is 54.1 Å². The molecule has 3 rings (SSSR count). The van der Waals surface area contributed by atoms with E-state index in [2.05, 4.69) is 25.2 Å². The molecule has 4 nitrogen and oxygen atoms in total. The third kappa shape index (κ3) is 4.17. The van der Waals surface area contributed by atoms with Gasteiger partial charge in [0.15, 0.2) is 11.5 Å². The van der Waals surface area contributed by atoms with E-state index in [0.29, 0.717) is 25.9 Å². The molecule has 1 N–H and O–H groups in total. The minimum Gasteiger partial charge on any atom is -0.492 e. The average molecular weight is 313 g/mol. The van der Waals surface area contributed by atoms with Crippen molar-refractivity contribution in [3.63, 3.8) is 0 Å². The lowest BCUT2D eigenvalue weighted by molar-refractivity contribution is 0.171. The summed E-state index contributed by atoms with van der Waals surface area (Å²) in [7, 11) is 0. The molecular formula is C19H23NO3. The van der Waals surface area contributed by atoms with Gasteiger partial charge < -0.3 is 19.5 Å². The van der Waals surface area contributed by atoms with Crippen LogP contribution in [0.3, 0.4) is 0 Å². The molecular weight excluding hydrogens is 290 g/mol. The van der Waals surface area contributed by atoms with Crippen LogP contribution in [0.4, 0.5) is 0 Å². The van der Waals surface area contributed by atoms with Gasteiger partial charge in [0.25, 0.3) is 0 Å². The molecule has 1 atom stereocenters. The number of ether oxygens (including phenoxy) is 3. The maximum Gasteiger partial charge on any atom is 0.161 e. The van der Waals surface area contributed by atoms with Crippen molar-refractivity contribution in [2.75, 3.05) is 19.8 Å². The summed E-state index contributed by atoms with van der Waals surface area (Å²) in [6.45, 7) is 6.03. The van der Waals surface area contributed by atoms with Gasteiger partial charge in [0.1, 0.15) is 25.6 Å². The van der Waals surface area contributed by atoms with Crippen LogP contribution < -0.4 is 19.5 Å². The Hall–Kier alpha value is -2.20. The molecule has 0 aromatic heterocycles. The van der Waals surface area contributed by atoms with Crippen molar-refractivity contribution in [1.29, 1.82) is 0 Å². The quantitative estimate of drug-likeness (QED) is 0.885. The lowest BCUT2D eigenvalue weighted by Crippen LogP contribution is -2.32. The Morgan fingerprint density at radius 3 is 2.48 bits per heavy atom. The van der Waals surface area contributed by atoms with E-state index in [1.807, 2.05) is 42.5 Å². The molecule has 0 spiro atoms. The van der Waals surface area contributed by atoms with E-state index >= 15 is 0 Å². The van der Waals surface area contributed by atoms with Crippen molar-refractivity contribution in [3.8, 4) is 17.2 Å². The van der Waals surface area contributed by atoms with Crippen LogP contribution in [0.25, 0.3) is 0 Å². The monoisotopic (exact) mass is 313 g/mol. The number of hydrogen-bond acceptors (Lipinski definition) is 4. The van der Waals surface area contributed by atoms with Gasteiger partial charge >= 0.3 is 0 Å². The van der Waals surface area contributed by atoms with Crippen LogP contribution in [0.15, 0.2) is 48.5 Å². The van der Waals surface area contributed by atoms with Crippen molar-refractivity contribution in [2.24, 2.45) is 0 Å². The smallest absolute Gasteiger partial charge is 0.161 e. The fraction of sp³-hybridized carbons (Fsp3) is 0.368. The van der Waals surface area contributed by atoms with Crippen LogP contribution in [0.2, 0.25) is 0 Å². The number of fused-ring (bicyclic) bond motifs is 1. The van der Waals surface area contributed by atoms with Crippen molar-refractivity contribution in [1.82, 2.24) is 5.32 Å². The third-order valence-corrected chi connectivity index (χ3v) is 3.66. The van der Waals surface area contributed by atoms with Crippen LogP contribution in [0.1, 0.15) is 25.5 Å². The fourth-order valence-corrected chi connectivity index (χ4v) is 2.62. The lowest BCUT2D eigenvalue weighted by Gasteiger charge is -2.24. The minimum atomic E-state index is 0.0889. The first-order chi connectivity index (χ1) is 11.2. The Morgan fingerprint density at radius 2 is 1.74 bits per heavy atom. The predicted molar refractivity (Wildman–Crippen MR) is 90.4 cm³/mol. The summed E-state index contributed by atoms with van der Waals surface area (Å²) in [6, 6.07) is 16.4. The molecule has 2 aromatic rings. The summed E-state index contributed by atoms with van der Waals surface area (Å²) in [5.41, 5.74) is 1.14. The van der Waals surface area contributed by atoms with Gasteiger partial charge in [-0.2, -0.15) is 0 Å². The number of para-hydroxylation sites is 1. The summed E-state index contributed by atoms with van der Waals surface area (Å²) >= 11 is 0. The van der Waals surface area contributed by atoms with Gasteiger partial charge in [-0.15, -0.1) is 0 Å². The van der Waals surface area contributed by atoms with Gasteiger partial charge in [0.2, 0.25) is 0 Å². The highest BCUT2D eigenvalue weighted by Crippen LogP contribution is 2.33. The van der Waals surface area contributed by atoms with Gasteiger partial charge in [0, 0.05) is 6.04 Å². The average Bonchev–Trinajstić information content (AvgIpc) is 2.59. The first kappa shape index (κ1) is 15.7. The molecule has 0 bridgehead atoms. The second-order valence-electron chi connectivity index (χ2n) is 5.90. The van der Waals surface area contributed by atoms with E-state index in [0.717, 1.165) is 22.8 Å². The molecule has 2 aromatic carbocycles. The number of hydrogen-bond donors (Lipinski definition) is 1. The minimum absolute atomic E-state index is 0.0889. The first-order valence-electron chi connectivity index (χ1n) is 8.06. The van der Waals surface area contributed by atoms with Crippen molar-refractivity contribution in [2.45, 2.75) is 25.9 Å². The van der Waals surface area contributed by atoms with Crippen molar-refractivity contribution < 1.29 is 14.2 Å². The summed E-state index contributed by atoms with van der Waals surface area (Å²) in [5, 5.41) is 3.55. The normalized spacial score (nSPS) is 14.6. The molecule has 0 aliphatic carbocycles. The SMILES string of the molecule is CC(C)NC(COc1ccccc1)c1ccc2c(c1)OCCO2.